The van der Waals surface area contributed by atoms with Gasteiger partial charge in [-0.1, -0.05) is 115 Å². The summed E-state index contributed by atoms with van der Waals surface area (Å²) in [6, 6.07) is -3.74. The van der Waals surface area contributed by atoms with E-state index in [1.54, 1.807) is 65.8 Å². The van der Waals surface area contributed by atoms with Gasteiger partial charge in [-0.2, -0.15) is 0 Å². The van der Waals surface area contributed by atoms with E-state index < -0.39 is 162 Å². The summed E-state index contributed by atoms with van der Waals surface area (Å²) in [6.45, 7) is 28.6. The van der Waals surface area contributed by atoms with Gasteiger partial charge >= 0.3 is 5.97 Å². The van der Waals surface area contributed by atoms with Crippen LogP contribution in [0.15, 0.2) is 30.3 Å². The third-order valence-corrected chi connectivity index (χ3v) is 17.2. The fraction of sp³-hybridized carbons (Fsp3) is 0.735. The molecule has 526 valence electrons. The van der Waals surface area contributed by atoms with Gasteiger partial charge in [-0.25, -0.2) is 0 Å². The molecule has 12 atom stereocenters. The summed E-state index contributed by atoms with van der Waals surface area (Å²) in [5, 5.41) is 11.0. The lowest BCUT2D eigenvalue weighted by Gasteiger charge is -2.42. The number of carbonyl (C=O) groups is 12. The minimum Gasteiger partial charge on any atom is -0.494 e. The summed E-state index contributed by atoms with van der Waals surface area (Å²) in [6.07, 6.45) is -0.684. The lowest BCUT2D eigenvalue weighted by Crippen LogP contribution is -2.64. The highest BCUT2D eigenvalue weighted by Crippen LogP contribution is 2.27. The van der Waals surface area contributed by atoms with Gasteiger partial charge in [0.25, 0.3) is 0 Å². The van der Waals surface area contributed by atoms with Gasteiger partial charge in [0.1, 0.15) is 72.3 Å². The Balaban J connectivity index is 3.05. The standard InChI is InChI=1S/C68H115N11O14/c1-25-49-64(87)73(18)37-54(81)74(19)50(33-38(2)3)61(84)72-55(42(10)11)67(90)75(20)51(34-39(4)5)60(83)69-45(15)59(82)70-46(16)63(86)76(21)52(35-40(6)7)65(88)77(22)53(36-41(8)9)66(89)78(23)56(43(12)13)68(91)79(24)57(62(85)71-49)58(93-47(17)80)44(14)31-32-92-48-29-27-26-28-30-48/h26-30,38-46,49-53,55-58H,25,31-37H2,1-24H3,(H,69,83)(H,70,82)(H,71,85)(H,72,84)/t44-,45+,46-,49+,50+,51+,52+,53+,55+,56+,57?,58-/m1/s1. The monoisotopic (exact) mass is 1310 g/mol. The van der Waals surface area contributed by atoms with E-state index in [1.807, 2.05) is 61.5 Å². The Bertz CT molecular complexity index is 2710. The van der Waals surface area contributed by atoms with E-state index >= 15 is 19.2 Å². The molecule has 1 aromatic carbocycles. The predicted octanol–water partition coefficient (Wildman–Crippen LogP) is 4.34. The Labute approximate surface area is 554 Å². The highest BCUT2D eigenvalue weighted by atomic mass is 16.5. The first-order valence-corrected chi connectivity index (χ1v) is 33.0. The number of ether oxygens (including phenoxy) is 2. The van der Waals surface area contributed by atoms with Gasteiger partial charge in [0.15, 0.2) is 0 Å². The zero-order valence-corrected chi connectivity index (χ0v) is 60.3. The number of carbonyl (C=O) groups excluding carboxylic acids is 12. The van der Waals surface area contributed by atoms with E-state index in [0.29, 0.717) is 5.75 Å². The van der Waals surface area contributed by atoms with Crippen LogP contribution in [0.2, 0.25) is 0 Å². The fourth-order valence-electron chi connectivity index (χ4n) is 11.6. The van der Waals surface area contributed by atoms with Crippen LogP contribution in [0.5, 0.6) is 5.75 Å². The minimum atomic E-state index is -1.67. The molecule has 0 spiro atoms. The topological polar surface area (TPSA) is 294 Å². The van der Waals surface area contributed by atoms with Crippen molar-refractivity contribution < 1.29 is 67.0 Å². The van der Waals surface area contributed by atoms with Crippen LogP contribution in [0.4, 0.5) is 0 Å². The number of para-hydroxylation sites is 1. The van der Waals surface area contributed by atoms with Crippen LogP contribution >= 0.6 is 0 Å². The maximum absolute atomic E-state index is 15.6. The molecule has 1 unspecified atom stereocenters. The number of hydrogen-bond acceptors (Lipinski definition) is 14. The van der Waals surface area contributed by atoms with Crippen molar-refractivity contribution in [3.8, 4) is 5.75 Å². The third-order valence-electron chi connectivity index (χ3n) is 17.2. The molecular weight excluding hydrogens is 1190 g/mol. The van der Waals surface area contributed by atoms with E-state index in [1.165, 1.54) is 87.7 Å². The quantitative estimate of drug-likeness (QED) is 0.149. The molecule has 93 heavy (non-hydrogen) atoms. The van der Waals surface area contributed by atoms with Crippen molar-refractivity contribution in [2.45, 2.75) is 223 Å². The number of nitrogens with one attached hydrogen (secondary N) is 4. The number of esters is 1. The van der Waals surface area contributed by atoms with Crippen molar-refractivity contribution >= 4 is 70.9 Å². The number of amides is 11. The average Bonchev–Trinajstić information content (AvgIpc) is 0.824. The molecule has 0 saturated carbocycles. The summed E-state index contributed by atoms with van der Waals surface area (Å²) >= 11 is 0. The number of nitrogens with zero attached hydrogens (tertiary/aromatic N) is 7. The van der Waals surface area contributed by atoms with Crippen molar-refractivity contribution in [1.82, 2.24) is 55.6 Å². The minimum absolute atomic E-state index is 0.0243. The molecule has 1 fully saturated rings. The zero-order chi connectivity index (χ0) is 71.4. The molecule has 0 aromatic heterocycles. The Morgan fingerprint density at radius 1 is 0.484 bits per heavy atom. The van der Waals surface area contributed by atoms with Crippen LogP contribution in [0, 0.1) is 41.4 Å². The number of benzene rings is 1. The van der Waals surface area contributed by atoms with E-state index in [9.17, 15) is 38.4 Å². The second kappa shape index (κ2) is 37.5. The summed E-state index contributed by atoms with van der Waals surface area (Å²) in [4.78, 5) is 184. The first kappa shape index (κ1) is 81.8. The Hall–Kier alpha value is -7.34. The molecule has 0 bridgehead atoms. The maximum Gasteiger partial charge on any atom is 0.303 e. The van der Waals surface area contributed by atoms with Crippen molar-refractivity contribution in [3.63, 3.8) is 0 Å². The van der Waals surface area contributed by atoms with Gasteiger partial charge in [-0.05, 0) is 106 Å². The van der Waals surface area contributed by atoms with Crippen LogP contribution in [-0.4, -0.2) is 234 Å². The van der Waals surface area contributed by atoms with Crippen molar-refractivity contribution in [3.05, 3.63) is 30.3 Å². The molecule has 25 nitrogen and oxygen atoms in total. The molecule has 1 aliphatic rings. The van der Waals surface area contributed by atoms with Gasteiger partial charge < -0.3 is 65.0 Å². The molecule has 1 saturated heterocycles. The zero-order valence-electron chi connectivity index (χ0n) is 60.3. The summed E-state index contributed by atoms with van der Waals surface area (Å²) in [5.74, 6) is -10.5. The SMILES string of the molecule is CC[C@@H]1NC(=O)C([C@H](OC(C)=O)[C@H](C)CCOc2ccccc2)N(C)C(=O)[C@H](C(C)C)N(C)C(=O)[C@H](CC(C)C)N(C)C(=O)[C@H](CC(C)C)N(C)C(=O)[C@@H](C)NC(=O)[C@H](C)NC(=O)[C@H](CC(C)C)N(C)C(=O)[C@H](C(C)C)NC(=O)[C@H](CC(C)C)N(C)C(=O)CN(C)C1=O. The smallest absolute Gasteiger partial charge is 0.303 e. The second-order valence-electron chi connectivity index (χ2n) is 27.8. The van der Waals surface area contributed by atoms with E-state index in [2.05, 4.69) is 21.3 Å². The molecule has 0 aliphatic carbocycles. The second-order valence-corrected chi connectivity index (χ2v) is 27.8. The molecule has 1 aromatic rings. The Kier molecular flexibility index (Phi) is 33.0. The first-order valence-electron chi connectivity index (χ1n) is 33.0. The summed E-state index contributed by atoms with van der Waals surface area (Å²) in [5.41, 5.74) is 0. The highest BCUT2D eigenvalue weighted by Gasteiger charge is 2.47. The van der Waals surface area contributed by atoms with Crippen LogP contribution in [-0.2, 0) is 62.3 Å². The number of hydrogen-bond donors (Lipinski definition) is 4. The van der Waals surface area contributed by atoms with Crippen molar-refractivity contribution in [1.29, 1.82) is 0 Å². The predicted molar refractivity (Wildman–Crippen MR) is 355 cm³/mol. The van der Waals surface area contributed by atoms with E-state index in [4.69, 9.17) is 9.47 Å². The van der Waals surface area contributed by atoms with E-state index in [0.717, 1.165) is 16.7 Å². The van der Waals surface area contributed by atoms with Crippen LogP contribution in [0.3, 0.4) is 0 Å². The lowest BCUT2D eigenvalue weighted by atomic mass is 9.91. The van der Waals surface area contributed by atoms with Crippen LogP contribution in [0.1, 0.15) is 156 Å². The average molecular weight is 1310 g/mol. The van der Waals surface area contributed by atoms with Crippen molar-refractivity contribution in [2.75, 3.05) is 62.5 Å². The van der Waals surface area contributed by atoms with E-state index in [-0.39, 0.29) is 68.8 Å². The third kappa shape index (κ3) is 23.6. The Morgan fingerprint density at radius 3 is 1.40 bits per heavy atom. The van der Waals surface area contributed by atoms with Gasteiger partial charge in [-0.15, -0.1) is 0 Å². The highest BCUT2D eigenvalue weighted by molar-refractivity contribution is 5.99. The molecule has 0 radical (unpaired) electrons. The normalized spacial score (nSPS) is 25.4. The molecule has 11 amide bonds. The molecule has 4 N–H and O–H groups in total. The fourth-order valence-corrected chi connectivity index (χ4v) is 11.6. The molecule has 25 heteroatoms. The molecule has 2 rings (SSSR count). The van der Waals surface area contributed by atoms with Crippen LogP contribution in [0.25, 0.3) is 0 Å². The summed E-state index contributed by atoms with van der Waals surface area (Å²) in [7, 11) is 9.86. The maximum atomic E-state index is 15.6. The molecule has 1 aliphatic heterocycles. The van der Waals surface area contributed by atoms with Gasteiger partial charge in [-0.3, -0.25) is 57.5 Å². The molecular formula is C68H115N11O14. The van der Waals surface area contributed by atoms with Gasteiger partial charge in [0, 0.05) is 56.3 Å². The lowest BCUT2D eigenvalue weighted by molar-refractivity contribution is -0.164. The van der Waals surface area contributed by atoms with Crippen LogP contribution < -0.4 is 26.0 Å². The van der Waals surface area contributed by atoms with Gasteiger partial charge in [0.2, 0.25) is 65.0 Å². The summed E-state index contributed by atoms with van der Waals surface area (Å²) < 4.78 is 12.0. The number of rotatable bonds is 18. The molecule has 1 heterocycles. The number of likely N-dealkylation sites (N-methyl/N-ethyl adjacent to an activating group) is 7. The largest absolute Gasteiger partial charge is 0.494 e. The van der Waals surface area contributed by atoms with Crippen molar-refractivity contribution in [2.24, 2.45) is 41.4 Å². The Morgan fingerprint density at radius 2 is 0.925 bits per heavy atom. The van der Waals surface area contributed by atoms with Gasteiger partial charge in [0.05, 0.1) is 13.2 Å². The first-order chi connectivity index (χ1) is 43.1.